The smallest absolute Gasteiger partial charge is 0.244 e. The highest BCUT2D eigenvalue weighted by atomic mass is 32.2. The largest absolute Gasteiger partial charge is 0.495 e. The average molecular weight is 284 g/mol. The van der Waals surface area contributed by atoms with E-state index >= 15 is 0 Å². The van der Waals surface area contributed by atoms with Crippen molar-refractivity contribution < 1.29 is 13.2 Å². The molecule has 1 aliphatic heterocycles. The molecule has 0 aromatic heterocycles. The molecule has 5 nitrogen and oxygen atoms in total. The minimum absolute atomic E-state index is 0.0519. The lowest BCUT2D eigenvalue weighted by Gasteiger charge is -2.24. The first-order valence-electron chi connectivity index (χ1n) is 6.40. The Kier molecular flexibility index (Phi) is 4.44. The van der Waals surface area contributed by atoms with Gasteiger partial charge in [0.1, 0.15) is 10.6 Å². The van der Waals surface area contributed by atoms with Crippen molar-refractivity contribution in [3.63, 3.8) is 0 Å². The third kappa shape index (κ3) is 3.46. The quantitative estimate of drug-likeness (QED) is 0.867. The lowest BCUT2D eigenvalue weighted by Crippen LogP contribution is -2.45. The number of aryl methyl sites for hydroxylation is 1. The molecule has 1 aromatic rings. The summed E-state index contributed by atoms with van der Waals surface area (Å²) in [5.74, 6) is 0.377. The van der Waals surface area contributed by atoms with Crippen LogP contribution in [-0.2, 0) is 10.0 Å². The second-order valence-electron chi connectivity index (χ2n) is 4.82. The number of rotatable bonds is 4. The summed E-state index contributed by atoms with van der Waals surface area (Å²) in [5.41, 5.74) is 0.892. The second-order valence-corrected chi connectivity index (χ2v) is 6.50. The van der Waals surface area contributed by atoms with E-state index in [1.807, 2.05) is 13.0 Å². The van der Waals surface area contributed by atoms with Gasteiger partial charge in [-0.25, -0.2) is 13.1 Å². The van der Waals surface area contributed by atoms with E-state index in [4.69, 9.17) is 4.74 Å². The summed E-state index contributed by atoms with van der Waals surface area (Å²) >= 11 is 0. The average Bonchev–Trinajstić information content (AvgIpc) is 2.39. The molecule has 1 atom stereocenters. The molecule has 0 bridgehead atoms. The first-order valence-corrected chi connectivity index (χ1v) is 7.89. The number of methoxy groups -OCH3 is 1. The molecule has 1 aliphatic rings. The summed E-state index contributed by atoms with van der Waals surface area (Å²) in [4.78, 5) is 0.209. The van der Waals surface area contributed by atoms with E-state index in [9.17, 15) is 8.42 Å². The van der Waals surface area contributed by atoms with E-state index in [0.717, 1.165) is 24.9 Å². The monoisotopic (exact) mass is 284 g/mol. The Morgan fingerprint density at radius 2 is 2.21 bits per heavy atom. The maximum atomic E-state index is 12.4. The highest BCUT2D eigenvalue weighted by Gasteiger charge is 2.24. The molecule has 1 aromatic carbocycles. The van der Waals surface area contributed by atoms with Crippen molar-refractivity contribution in [3.8, 4) is 5.75 Å². The van der Waals surface area contributed by atoms with Gasteiger partial charge in [0.05, 0.1) is 7.11 Å². The number of sulfonamides is 1. The van der Waals surface area contributed by atoms with Gasteiger partial charge in [-0.15, -0.1) is 0 Å². The Labute approximate surface area is 114 Å². The van der Waals surface area contributed by atoms with Crippen molar-refractivity contribution in [1.29, 1.82) is 0 Å². The van der Waals surface area contributed by atoms with Gasteiger partial charge < -0.3 is 10.1 Å². The zero-order valence-electron chi connectivity index (χ0n) is 11.3. The number of hydrogen-bond acceptors (Lipinski definition) is 4. The van der Waals surface area contributed by atoms with Crippen LogP contribution in [0.2, 0.25) is 0 Å². The molecule has 2 N–H and O–H groups in total. The topological polar surface area (TPSA) is 67.4 Å². The van der Waals surface area contributed by atoms with E-state index in [0.29, 0.717) is 12.3 Å². The number of piperidine rings is 1. The molecule has 1 fully saturated rings. The van der Waals surface area contributed by atoms with Crippen LogP contribution >= 0.6 is 0 Å². The van der Waals surface area contributed by atoms with Gasteiger partial charge in [-0.2, -0.15) is 0 Å². The minimum Gasteiger partial charge on any atom is -0.495 e. The third-order valence-electron chi connectivity index (χ3n) is 3.23. The molecule has 1 saturated heterocycles. The Morgan fingerprint density at radius 1 is 1.42 bits per heavy atom. The molecule has 0 radical (unpaired) electrons. The molecule has 0 saturated carbocycles. The zero-order chi connectivity index (χ0) is 13.9. The normalized spacial score (nSPS) is 20.2. The van der Waals surface area contributed by atoms with Gasteiger partial charge in [0.15, 0.2) is 0 Å². The molecule has 0 aliphatic carbocycles. The Hall–Kier alpha value is -1.11. The van der Waals surface area contributed by atoms with Crippen molar-refractivity contribution >= 4 is 10.0 Å². The molecule has 1 heterocycles. The molecule has 0 unspecified atom stereocenters. The fourth-order valence-corrected chi connectivity index (χ4v) is 3.75. The Balaban J connectivity index is 2.25. The van der Waals surface area contributed by atoms with E-state index in [-0.39, 0.29) is 10.9 Å². The van der Waals surface area contributed by atoms with E-state index in [2.05, 4.69) is 10.0 Å². The van der Waals surface area contributed by atoms with Crippen molar-refractivity contribution in [1.82, 2.24) is 10.0 Å². The highest BCUT2D eigenvalue weighted by molar-refractivity contribution is 7.89. The van der Waals surface area contributed by atoms with Gasteiger partial charge in [0, 0.05) is 12.6 Å². The summed E-state index contributed by atoms with van der Waals surface area (Å²) in [6.45, 7) is 3.49. The maximum Gasteiger partial charge on any atom is 0.244 e. The first-order chi connectivity index (χ1) is 9.03. The van der Waals surface area contributed by atoms with Gasteiger partial charge in [-0.05, 0) is 44.0 Å². The lowest BCUT2D eigenvalue weighted by atomic mass is 10.1. The van der Waals surface area contributed by atoms with Crippen LogP contribution in [0.15, 0.2) is 23.1 Å². The van der Waals surface area contributed by atoms with Crippen LogP contribution in [0.4, 0.5) is 0 Å². The van der Waals surface area contributed by atoms with Crippen LogP contribution in [0.1, 0.15) is 18.4 Å². The van der Waals surface area contributed by atoms with Crippen molar-refractivity contribution in [2.45, 2.75) is 30.7 Å². The molecule has 0 amide bonds. The fourth-order valence-electron chi connectivity index (χ4n) is 2.23. The number of ether oxygens (including phenoxy) is 1. The number of nitrogens with one attached hydrogen (secondary N) is 2. The highest BCUT2D eigenvalue weighted by Crippen LogP contribution is 2.25. The second kappa shape index (κ2) is 5.90. The lowest BCUT2D eigenvalue weighted by molar-refractivity contribution is 0.399. The van der Waals surface area contributed by atoms with Crippen LogP contribution in [0, 0.1) is 6.92 Å². The predicted octanol–water partition coefficient (Wildman–Crippen LogP) is 1.03. The van der Waals surface area contributed by atoms with Gasteiger partial charge in [0.2, 0.25) is 10.0 Å². The van der Waals surface area contributed by atoms with E-state index in [1.165, 1.54) is 7.11 Å². The maximum absolute atomic E-state index is 12.4. The molecular weight excluding hydrogens is 264 g/mol. The zero-order valence-corrected chi connectivity index (χ0v) is 12.1. The van der Waals surface area contributed by atoms with E-state index in [1.54, 1.807) is 12.1 Å². The van der Waals surface area contributed by atoms with Crippen LogP contribution in [0.3, 0.4) is 0 Å². The predicted molar refractivity (Wildman–Crippen MR) is 73.9 cm³/mol. The van der Waals surface area contributed by atoms with Gasteiger partial charge >= 0.3 is 0 Å². The van der Waals surface area contributed by atoms with Gasteiger partial charge in [0.25, 0.3) is 0 Å². The summed E-state index contributed by atoms with van der Waals surface area (Å²) in [5, 5.41) is 3.19. The molecule has 2 rings (SSSR count). The summed E-state index contributed by atoms with van der Waals surface area (Å²) in [6, 6.07) is 5.10. The fraction of sp³-hybridized carbons (Fsp3) is 0.538. The van der Waals surface area contributed by atoms with E-state index < -0.39 is 10.0 Å². The number of benzene rings is 1. The SMILES string of the molecule is COc1ccc(C)cc1S(=O)(=O)N[C@H]1CCCNC1. The summed E-state index contributed by atoms with van der Waals surface area (Å²) in [7, 11) is -2.06. The van der Waals surface area contributed by atoms with Gasteiger partial charge in [-0.1, -0.05) is 6.07 Å². The van der Waals surface area contributed by atoms with Crippen LogP contribution < -0.4 is 14.8 Å². The first kappa shape index (κ1) is 14.3. The Morgan fingerprint density at radius 3 is 2.84 bits per heavy atom. The van der Waals surface area contributed by atoms with Crippen LogP contribution in [0.25, 0.3) is 0 Å². The molecule has 6 heteroatoms. The number of hydrogen-bond donors (Lipinski definition) is 2. The molecule has 19 heavy (non-hydrogen) atoms. The standard InChI is InChI=1S/C13H20N2O3S/c1-10-5-6-12(18-2)13(8-10)19(16,17)15-11-4-3-7-14-9-11/h5-6,8,11,14-15H,3-4,7,9H2,1-2H3/t11-/m0/s1. The van der Waals surface area contributed by atoms with Crippen molar-refractivity contribution in [3.05, 3.63) is 23.8 Å². The summed E-state index contributed by atoms with van der Waals surface area (Å²) < 4.78 is 32.7. The summed E-state index contributed by atoms with van der Waals surface area (Å²) in [6.07, 6.45) is 1.85. The third-order valence-corrected chi connectivity index (χ3v) is 4.77. The van der Waals surface area contributed by atoms with Crippen LogP contribution in [0.5, 0.6) is 5.75 Å². The van der Waals surface area contributed by atoms with Crippen molar-refractivity contribution in [2.24, 2.45) is 0 Å². The molecule has 106 valence electrons. The van der Waals surface area contributed by atoms with Gasteiger partial charge in [-0.3, -0.25) is 0 Å². The van der Waals surface area contributed by atoms with Crippen molar-refractivity contribution in [2.75, 3.05) is 20.2 Å². The molecular formula is C13H20N2O3S. The van der Waals surface area contributed by atoms with Crippen LogP contribution in [-0.4, -0.2) is 34.7 Å². The molecule has 0 spiro atoms. The Bertz CT molecular complexity index is 537. The minimum atomic E-state index is -3.54.